The molecule has 1 atom stereocenters. The van der Waals surface area contributed by atoms with Gasteiger partial charge in [0.2, 0.25) is 5.91 Å². The van der Waals surface area contributed by atoms with E-state index in [0.29, 0.717) is 12.4 Å². The Morgan fingerprint density at radius 1 is 1.26 bits per heavy atom. The summed E-state index contributed by atoms with van der Waals surface area (Å²) in [6.45, 7) is 2.04. The molecular weight excluding hydrogens is 316 g/mol. The molecule has 0 radical (unpaired) electrons. The Kier molecular flexibility index (Phi) is 3.95. The zero-order chi connectivity index (χ0) is 16.6. The van der Waals surface area contributed by atoms with Crippen LogP contribution in [-0.2, 0) is 21.9 Å². The number of nitrogens with one attached hydrogen (secondary N) is 1. The van der Waals surface area contributed by atoms with Gasteiger partial charge in [-0.2, -0.15) is 0 Å². The number of carbonyl (C=O) groups is 1. The van der Waals surface area contributed by atoms with Crippen molar-refractivity contribution < 1.29 is 13.2 Å². The van der Waals surface area contributed by atoms with Crippen molar-refractivity contribution in [2.24, 2.45) is 7.05 Å². The number of nitrogens with zero attached hydrogens (tertiary/aromatic N) is 3. The van der Waals surface area contributed by atoms with Gasteiger partial charge in [0, 0.05) is 37.9 Å². The van der Waals surface area contributed by atoms with Gasteiger partial charge in [-0.05, 0) is 19.1 Å². The highest BCUT2D eigenvalue weighted by atomic mass is 32.2. The molecule has 3 rings (SSSR count). The van der Waals surface area contributed by atoms with E-state index in [0.717, 1.165) is 5.69 Å². The second-order valence-corrected chi connectivity index (χ2v) is 7.26. The molecule has 0 unspecified atom stereocenters. The second kappa shape index (κ2) is 5.78. The maximum atomic E-state index is 12.4. The Bertz CT molecular complexity index is 810. The minimum atomic E-state index is -3.74. The van der Waals surface area contributed by atoms with Crippen LogP contribution in [0.4, 0.5) is 5.69 Å². The van der Waals surface area contributed by atoms with Crippen LogP contribution in [0.3, 0.4) is 0 Å². The maximum Gasteiger partial charge on any atom is 0.259 e. The number of sulfonamides is 1. The lowest BCUT2D eigenvalue weighted by molar-refractivity contribution is -0.117. The zero-order valence-electron chi connectivity index (χ0n) is 12.9. The molecule has 1 aliphatic heterocycles. The van der Waals surface area contributed by atoms with E-state index in [1.165, 1.54) is 6.20 Å². The number of amides is 1. The summed E-state index contributed by atoms with van der Waals surface area (Å²) in [5.74, 6) is 0.514. The van der Waals surface area contributed by atoms with E-state index in [9.17, 15) is 13.2 Å². The van der Waals surface area contributed by atoms with E-state index in [1.54, 1.807) is 23.4 Å². The van der Waals surface area contributed by atoms with Crippen LogP contribution in [0.2, 0.25) is 0 Å². The Labute approximate surface area is 135 Å². The van der Waals surface area contributed by atoms with Crippen molar-refractivity contribution >= 4 is 21.6 Å². The molecule has 0 bridgehead atoms. The average Bonchev–Trinajstić information content (AvgIpc) is 3.03. The summed E-state index contributed by atoms with van der Waals surface area (Å²) in [6.07, 6.45) is 1.60. The Hall–Kier alpha value is -2.19. The minimum Gasteiger partial charge on any atom is -0.337 e. The van der Waals surface area contributed by atoms with Gasteiger partial charge in [-0.3, -0.25) is 4.79 Å². The highest BCUT2D eigenvalue weighted by Crippen LogP contribution is 2.22. The lowest BCUT2D eigenvalue weighted by Crippen LogP contribution is -2.37. The molecule has 122 valence electrons. The van der Waals surface area contributed by atoms with Gasteiger partial charge in [0.15, 0.2) is 5.03 Å². The van der Waals surface area contributed by atoms with E-state index in [1.807, 2.05) is 30.3 Å². The summed E-state index contributed by atoms with van der Waals surface area (Å²) in [7, 11) is -2.00. The van der Waals surface area contributed by atoms with Gasteiger partial charge in [0.05, 0.1) is 0 Å². The molecule has 1 amide bonds. The number of hydrogen-bond acceptors (Lipinski definition) is 4. The third-order valence-electron chi connectivity index (χ3n) is 3.88. The molecule has 1 fully saturated rings. The first-order valence-electron chi connectivity index (χ1n) is 7.24. The lowest BCUT2D eigenvalue weighted by atomic mass is 10.3. The van der Waals surface area contributed by atoms with Gasteiger partial charge >= 0.3 is 0 Å². The number of aromatic nitrogens is 2. The maximum absolute atomic E-state index is 12.4. The molecule has 2 aromatic rings. The smallest absolute Gasteiger partial charge is 0.259 e. The largest absolute Gasteiger partial charge is 0.337 e. The molecule has 0 saturated carbocycles. The fraction of sp³-hybridized carbons (Fsp3) is 0.333. The summed E-state index contributed by atoms with van der Waals surface area (Å²) in [5.41, 5.74) is 0.771. The molecule has 1 aromatic carbocycles. The van der Waals surface area contributed by atoms with E-state index in [-0.39, 0.29) is 17.4 Å². The van der Waals surface area contributed by atoms with Crippen LogP contribution in [0.1, 0.15) is 12.2 Å². The molecule has 1 N–H and O–H groups in total. The topological polar surface area (TPSA) is 84.3 Å². The molecule has 1 aliphatic rings. The molecular formula is C15H18N4O3S. The first-order chi connectivity index (χ1) is 10.9. The van der Waals surface area contributed by atoms with Crippen molar-refractivity contribution in [2.45, 2.75) is 24.4 Å². The first-order valence-corrected chi connectivity index (χ1v) is 8.73. The van der Waals surface area contributed by atoms with E-state index in [2.05, 4.69) is 9.71 Å². The summed E-state index contributed by atoms with van der Waals surface area (Å²) in [6, 6.07) is 8.75. The Morgan fingerprint density at radius 2 is 1.96 bits per heavy atom. The number of rotatable bonds is 4. The molecule has 2 heterocycles. The van der Waals surface area contributed by atoms with Gasteiger partial charge in [0.25, 0.3) is 10.0 Å². The van der Waals surface area contributed by atoms with Crippen molar-refractivity contribution in [3.8, 4) is 0 Å². The van der Waals surface area contributed by atoms with Crippen LogP contribution >= 0.6 is 0 Å². The fourth-order valence-electron chi connectivity index (χ4n) is 2.58. The highest BCUT2D eigenvalue weighted by molar-refractivity contribution is 7.89. The van der Waals surface area contributed by atoms with Crippen LogP contribution in [0.15, 0.2) is 41.6 Å². The van der Waals surface area contributed by atoms with Crippen molar-refractivity contribution in [3.63, 3.8) is 0 Å². The molecule has 0 spiro atoms. The van der Waals surface area contributed by atoms with Crippen molar-refractivity contribution in [3.05, 3.63) is 42.4 Å². The van der Waals surface area contributed by atoms with E-state index >= 15 is 0 Å². The van der Waals surface area contributed by atoms with Gasteiger partial charge in [-0.25, -0.2) is 18.1 Å². The summed E-state index contributed by atoms with van der Waals surface area (Å²) >= 11 is 0. The molecule has 7 nitrogen and oxygen atoms in total. The lowest BCUT2D eigenvalue weighted by Gasteiger charge is -2.16. The van der Waals surface area contributed by atoms with Crippen LogP contribution in [0.25, 0.3) is 0 Å². The van der Waals surface area contributed by atoms with Crippen LogP contribution in [0, 0.1) is 6.92 Å². The number of benzene rings is 1. The zero-order valence-corrected chi connectivity index (χ0v) is 13.7. The van der Waals surface area contributed by atoms with Crippen LogP contribution in [0.5, 0.6) is 0 Å². The molecule has 1 saturated heterocycles. The predicted octanol–water partition coefficient (Wildman–Crippen LogP) is 0.812. The Balaban J connectivity index is 1.75. The van der Waals surface area contributed by atoms with Crippen molar-refractivity contribution in [1.29, 1.82) is 0 Å². The molecule has 0 aliphatic carbocycles. The number of hydrogen-bond donors (Lipinski definition) is 1. The van der Waals surface area contributed by atoms with E-state index < -0.39 is 16.1 Å². The van der Waals surface area contributed by atoms with Gasteiger partial charge in [-0.15, -0.1) is 0 Å². The van der Waals surface area contributed by atoms with Gasteiger partial charge in [-0.1, -0.05) is 18.2 Å². The number of imidazole rings is 1. The van der Waals surface area contributed by atoms with Crippen molar-refractivity contribution in [1.82, 2.24) is 14.3 Å². The Morgan fingerprint density at radius 3 is 2.57 bits per heavy atom. The van der Waals surface area contributed by atoms with Gasteiger partial charge in [0.1, 0.15) is 5.82 Å². The predicted molar refractivity (Wildman–Crippen MR) is 85.5 cm³/mol. The summed E-state index contributed by atoms with van der Waals surface area (Å²) in [4.78, 5) is 17.8. The van der Waals surface area contributed by atoms with Crippen LogP contribution in [-0.4, -0.2) is 36.5 Å². The average molecular weight is 334 g/mol. The number of para-hydroxylation sites is 1. The van der Waals surface area contributed by atoms with Gasteiger partial charge < -0.3 is 9.47 Å². The normalized spacial score (nSPS) is 18.6. The number of anilines is 1. The van der Waals surface area contributed by atoms with E-state index in [4.69, 9.17) is 0 Å². The number of carbonyl (C=O) groups excluding carboxylic acids is 1. The minimum absolute atomic E-state index is 0.0249. The highest BCUT2D eigenvalue weighted by Gasteiger charge is 2.34. The standard InChI is InChI=1S/C15H18N4O3S/c1-11-16-14(10-18(11)2)23(21,22)17-12-8-15(20)19(9-12)13-6-4-3-5-7-13/h3-7,10,12,17H,8-9H2,1-2H3/t12-/m0/s1. The summed E-state index contributed by atoms with van der Waals surface area (Å²) < 4.78 is 29.0. The SMILES string of the molecule is Cc1nc(S(=O)(=O)N[C@H]2CC(=O)N(c3ccccc3)C2)cn1C. The first kappa shape index (κ1) is 15.7. The van der Waals surface area contributed by atoms with Crippen LogP contribution < -0.4 is 9.62 Å². The molecule has 1 aromatic heterocycles. The third kappa shape index (κ3) is 3.13. The second-order valence-electron chi connectivity index (χ2n) is 5.60. The molecule has 8 heteroatoms. The van der Waals surface area contributed by atoms with Crippen molar-refractivity contribution in [2.75, 3.05) is 11.4 Å². The quantitative estimate of drug-likeness (QED) is 0.897. The third-order valence-corrected chi connectivity index (χ3v) is 5.27. The summed E-state index contributed by atoms with van der Waals surface area (Å²) in [5, 5.41) is -0.0249. The molecule has 23 heavy (non-hydrogen) atoms. The fourth-order valence-corrected chi connectivity index (χ4v) is 3.85. The number of aryl methyl sites for hydroxylation is 2. The monoisotopic (exact) mass is 334 g/mol.